The SMILES string of the molecule is O=C1CC2(CO1)CC(C(=O)N1CCC3(c4ccccc4)CC3C1)C2. The smallest absolute Gasteiger partial charge is 0.306 e. The molecule has 0 bridgehead atoms. The lowest BCUT2D eigenvalue weighted by atomic mass is 9.61. The Balaban J connectivity index is 1.21. The Hall–Kier alpha value is -1.84. The molecule has 2 aliphatic carbocycles. The Labute approximate surface area is 142 Å². The normalized spacial score (nSPS) is 40.0. The number of carbonyl (C=O) groups is 2. The van der Waals surface area contributed by atoms with Gasteiger partial charge in [-0.05, 0) is 37.2 Å². The van der Waals surface area contributed by atoms with Crippen molar-refractivity contribution in [3.05, 3.63) is 35.9 Å². The van der Waals surface area contributed by atoms with Crippen LogP contribution < -0.4 is 0 Å². The van der Waals surface area contributed by atoms with Crippen LogP contribution in [-0.4, -0.2) is 36.5 Å². The number of likely N-dealkylation sites (tertiary alicyclic amines) is 1. The highest BCUT2D eigenvalue weighted by Gasteiger charge is 2.59. The van der Waals surface area contributed by atoms with Crippen LogP contribution in [0, 0.1) is 17.3 Å². The number of hydrogen-bond donors (Lipinski definition) is 0. The van der Waals surface area contributed by atoms with E-state index < -0.39 is 0 Å². The molecule has 4 fully saturated rings. The topological polar surface area (TPSA) is 46.6 Å². The maximum Gasteiger partial charge on any atom is 0.306 e. The number of cyclic esters (lactones) is 1. The highest BCUT2D eigenvalue weighted by molar-refractivity contribution is 5.81. The van der Waals surface area contributed by atoms with Crippen molar-refractivity contribution in [1.29, 1.82) is 0 Å². The van der Waals surface area contributed by atoms with Gasteiger partial charge in [0.25, 0.3) is 0 Å². The zero-order chi connectivity index (χ0) is 16.4. The van der Waals surface area contributed by atoms with Crippen LogP contribution in [0.1, 0.15) is 37.7 Å². The lowest BCUT2D eigenvalue weighted by molar-refractivity contribution is -0.145. The molecule has 4 aliphatic rings. The first-order chi connectivity index (χ1) is 11.6. The van der Waals surface area contributed by atoms with Crippen molar-refractivity contribution in [2.24, 2.45) is 17.3 Å². The molecule has 1 amide bonds. The molecule has 2 aliphatic heterocycles. The molecular weight excluding hydrogens is 302 g/mol. The first kappa shape index (κ1) is 14.5. The summed E-state index contributed by atoms with van der Waals surface area (Å²) in [5, 5.41) is 0. The van der Waals surface area contributed by atoms with Gasteiger partial charge in [-0.2, -0.15) is 0 Å². The van der Waals surface area contributed by atoms with Gasteiger partial charge in [-0.1, -0.05) is 30.3 Å². The fourth-order valence-corrected chi connectivity index (χ4v) is 5.41. The molecule has 1 aromatic carbocycles. The van der Waals surface area contributed by atoms with E-state index in [9.17, 15) is 9.59 Å². The second-order valence-electron chi connectivity index (χ2n) is 8.40. The second kappa shape index (κ2) is 4.84. The fourth-order valence-electron chi connectivity index (χ4n) is 5.41. The van der Waals surface area contributed by atoms with Gasteiger partial charge in [0.15, 0.2) is 0 Å². The van der Waals surface area contributed by atoms with Crippen molar-refractivity contribution in [3.63, 3.8) is 0 Å². The average Bonchev–Trinajstić information content (AvgIpc) is 3.19. The number of carbonyl (C=O) groups excluding carboxylic acids is 2. The number of hydrogen-bond acceptors (Lipinski definition) is 3. The Morgan fingerprint density at radius 3 is 2.62 bits per heavy atom. The molecule has 2 atom stereocenters. The number of nitrogens with zero attached hydrogens (tertiary/aromatic N) is 1. The molecule has 0 N–H and O–H groups in total. The minimum absolute atomic E-state index is 0.0133. The molecule has 2 heterocycles. The van der Waals surface area contributed by atoms with Crippen LogP contribution >= 0.6 is 0 Å². The summed E-state index contributed by atoms with van der Waals surface area (Å²) in [7, 11) is 0. The van der Waals surface area contributed by atoms with Gasteiger partial charge in [-0.15, -0.1) is 0 Å². The molecule has 2 saturated heterocycles. The maximum atomic E-state index is 12.8. The molecule has 2 unspecified atom stereocenters. The summed E-state index contributed by atoms with van der Waals surface area (Å²) >= 11 is 0. The number of benzene rings is 1. The third kappa shape index (κ3) is 2.04. The number of ether oxygens (including phenoxy) is 1. The molecular formula is C20H23NO3. The molecule has 126 valence electrons. The highest BCUT2D eigenvalue weighted by Crippen LogP contribution is 2.60. The number of piperidine rings is 1. The molecule has 24 heavy (non-hydrogen) atoms. The van der Waals surface area contributed by atoms with E-state index in [2.05, 4.69) is 35.2 Å². The fraction of sp³-hybridized carbons (Fsp3) is 0.600. The highest BCUT2D eigenvalue weighted by atomic mass is 16.5. The first-order valence-corrected chi connectivity index (χ1v) is 9.10. The van der Waals surface area contributed by atoms with Crippen LogP contribution in [0.5, 0.6) is 0 Å². The Kier molecular flexibility index (Phi) is 2.92. The third-order valence-corrected chi connectivity index (χ3v) is 6.93. The van der Waals surface area contributed by atoms with E-state index in [-0.39, 0.29) is 17.3 Å². The predicted octanol–water partition coefficient (Wildman–Crippen LogP) is 2.52. The van der Waals surface area contributed by atoms with Crippen molar-refractivity contribution in [1.82, 2.24) is 4.90 Å². The predicted molar refractivity (Wildman–Crippen MR) is 88.2 cm³/mol. The number of fused-ring (bicyclic) bond motifs is 1. The number of rotatable bonds is 2. The van der Waals surface area contributed by atoms with Crippen LogP contribution in [-0.2, 0) is 19.7 Å². The van der Waals surface area contributed by atoms with E-state index >= 15 is 0 Å². The summed E-state index contributed by atoms with van der Waals surface area (Å²) in [6.45, 7) is 2.31. The van der Waals surface area contributed by atoms with Crippen molar-refractivity contribution < 1.29 is 14.3 Å². The average molecular weight is 325 g/mol. The summed E-state index contributed by atoms with van der Waals surface area (Å²) in [4.78, 5) is 26.2. The van der Waals surface area contributed by atoms with Crippen molar-refractivity contribution in [3.8, 4) is 0 Å². The van der Waals surface area contributed by atoms with Gasteiger partial charge in [-0.3, -0.25) is 9.59 Å². The summed E-state index contributed by atoms with van der Waals surface area (Å²) in [5.74, 6) is 0.962. The molecule has 1 aromatic rings. The van der Waals surface area contributed by atoms with Crippen LogP contribution in [0.25, 0.3) is 0 Å². The first-order valence-electron chi connectivity index (χ1n) is 9.10. The molecule has 4 nitrogen and oxygen atoms in total. The van der Waals surface area contributed by atoms with Gasteiger partial charge in [0.05, 0.1) is 13.0 Å². The van der Waals surface area contributed by atoms with E-state index in [0.29, 0.717) is 30.3 Å². The van der Waals surface area contributed by atoms with E-state index in [1.165, 1.54) is 12.0 Å². The molecule has 1 spiro atoms. The monoisotopic (exact) mass is 325 g/mol. The quantitative estimate of drug-likeness (QED) is 0.785. The zero-order valence-electron chi connectivity index (χ0n) is 13.9. The van der Waals surface area contributed by atoms with Crippen molar-refractivity contribution in [2.45, 2.75) is 37.5 Å². The number of amides is 1. The van der Waals surface area contributed by atoms with E-state index in [1.54, 1.807) is 0 Å². The standard InChI is InChI=1S/C20H23NO3/c22-17-11-19(13-24-17)8-14(9-19)18(23)21-7-6-20(10-16(20)12-21)15-4-2-1-3-5-15/h1-5,14,16H,6-13H2. The van der Waals surface area contributed by atoms with E-state index in [0.717, 1.165) is 32.4 Å². The minimum Gasteiger partial charge on any atom is -0.465 e. The van der Waals surface area contributed by atoms with Gasteiger partial charge in [0.2, 0.25) is 5.91 Å². The van der Waals surface area contributed by atoms with Crippen molar-refractivity contribution in [2.75, 3.05) is 19.7 Å². The van der Waals surface area contributed by atoms with Gasteiger partial charge in [0.1, 0.15) is 0 Å². The molecule has 2 saturated carbocycles. The summed E-state index contributed by atoms with van der Waals surface area (Å²) < 4.78 is 5.11. The lowest BCUT2D eigenvalue weighted by Crippen LogP contribution is -2.50. The summed E-state index contributed by atoms with van der Waals surface area (Å²) in [5.41, 5.74) is 1.77. The van der Waals surface area contributed by atoms with Gasteiger partial charge in [-0.25, -0.2) is 0 Å². The Morgan fingerprint density at radius 2 is 1.96 bits per heavy atom. The van der Waals surface area contributed by atoms with Crippen molar-refractivity contribution >= 4 is 11.9 Å². The lowest BCUT2D eigenvalue weighted by Gasteiger charge is -2.45. The third-order valence-electron chi connectivity index (χ3n) is 6.93. The Bertz CT molecular complexity index is 694. The maximum absolute atomic E-state index is 12.8. The van der Waals surface area contributed by atoms with Gasteiger partial charge < -0.3 is 9.64 Å². The minimum atomic E-state index is -0.0931. The molecule has 4 heteroatoms. The van der Waals surface area contributed by atoms with Crippen LogP contribution in [0.2, 0.25) is 0 Å². The van der Waals surface area contributed by atoms with Gasteiger partial charge >= 0.3 is 5.97 Å². The van der Waals surface area contributed by atoms with E-state index in [4.69, 9.17) is 4.74 Å². The largest absolute Gasteiger partial charge is 0.465 e. The Morgan fingerprint density at radius 1 is 1.17 bits per heavy atom. The van der Waals surface area contributed by atoms with Gasteiger partial charge in [0, 0.05) is 29.8 Å². The summed E-state index contributed by atoms with van der Waals surface area (Å²) in [6, 6.07) is 10.8. The second-order valence-corrected chi connectivity index (χ2v) is 8.40. The summed E-state index contributed by atoms with van der Waals surface area (Å²) in [6.07, 6.45) is 4.49. The number of esters is 1. The molecule has 0 radical (unpaired) electrons. The molecule has 0 aromatic heterocycles. The van der Waals surface area contributed by atoms with Crippen LogP contribution in [0.4, 0.5) is 0 Å². The van der Waals surface area contributed by atoms with E-state index in [1.807, 2.05) is 0 Å². The van der Waals surface area contributed by atoms with Crippen LogP contribution in [0.3, 0.4) is 0 Å². The molecule has 5 rings (SSSR count). The zero-order valence-corrected chi connectivity index (χ0v) is 13.9. The van der Waals surface area contributed by atoms with Crippen LogP contribution in [0.15, 0.2) is 30.3 Å².